The number of oxazole rings is 1. The van der Waals surface area contributed by atoms with Crippen LogP contribution in [0.15, 0.2) is 33.3 Å². The van der Waals surface area contributed by atoms with Crippen LogP contribution in [0, 0.1) is 0 Å². The fraction of sp³-hybridized carbons (Fsp3) is 0.308. The lowest BCUT2D eigenvalue weighted by Crippen LogP contribution is -2.04. The molecule has 2 N–H and O–H groups in total. The Morgan fingerprint density at radius 2 is 2.05 bits per heavy atom. The molecule has 0 spiro atoms. The van der Waals surface area contributed by atoms with Crippen LogP contribution in [0.2, 0.25) is 0 Å². The normalized spacial score (nSPS) is 11.8. The summed E-state index contributed by atoms with van der Waals surface area (Å²) in [5.74, 6) is 0.768. The predicted molar refractivity (Wildman–Crippen MR) is 72.0 cm³/mol. The summed E-state index contributed by atoms with van der Waals surface area (Å²) in [5.41, 5.74) is 4.98. The highest BCUT2D eigenvalue weighted by atomic mass is 79.9. The summed E-state index contributed by atoms with van der Waals surface area (Å²) in [5, 5.41) is 0. The van der Waals surface area contributed by atoms with Gasteiger partial charge in [-0.05, 0) is 31.2 Å². The lowest BCUT2D eigenvalue weighted by atomic mass is 10.1. The second-order valence-electron chi connectivity index (χ2n) is 4.20. The zero-order valence-electron chi connectivity index (χ0n) is 10.4. The van der Waals surface area contributed by atoms with Crippen LogP contribution in [0.1, 0.15) is 17.9 Å². The van der Waals surface area contributed by atoms with Crippen LogP contribution in [0.25, 0.3) is 11.3 Å². The first-order valence-corrected chi connectivity index (χ1v) is 6.73. The number of hydrogen-bond acceptors (Lipinski definition) is 3. The van der Waals surface area contributed by atoms with E-state index in [-0.39, 0.29) is 0 Å². The minimum absolute atomic E-state index is 0.301. The highest BCUT2D eigenvalue weighted by Gasteiger charge is 2.31. The Labute approximate surface area is 122 Å². The molecule has 2 aromatic rings. The molecule has 0 unspecified atom stereocenters. The molecule has 0 atom stereocenters. The molecular weight excluding hydrogens is 337 g/mol. The van der Waals surface area contributed by atoms with E-state index in [1.807, 2.05) is 0 Å². The topological polar surface area (TPSA) is 52.0 Å². The van der Waals surface area contributed by atoms with Crippen molar-refractivity contribution in [1.29, 1.82) is 0 Å². The van der Waals surface area contributed by atoms with Gasteiger partial charge in [-0.3, -0.25) is 0 Å². The smallest absolute Gasteiger partial charge is 0.416 e. The molecule has 7 heteroatoms. The monoisotopic (exact) mass is 348 g/mol. The number of rotatable bonds is 4. The van der Waals surface area contributed by atoms with Crippen molar-refractivity contribution in [2.45, 2.75) is 19.0 Å². The molecule has 1 heterocycles. The summed E-state index contributed by atoms with van der Waals surface area (Å²) in [6, 6.07) is 3.40. The Hall–Kier alpha value is -1.34. The Bertz CT molecular complexity index is 596. The molecule has 1 aromatic heterocycles. The van der Waals surface area contributed by atoms with E-state index < -0.39 is 11.7 Å². The van der Waals surface area contributed by atoms with Gasteiger partial charge in [-0.2, -0.15) is 13.2 Å². The Kier molecular flexibility index (Phi) is 4.49. The second-order valence-corrected chi connectivity index (χ2v) is 5.06. The Morgan fingerprint density at radius 3 is 2.70 bits per heavy atom. The van der Waals surface area contributed by atoms with Gasteiger partial charge in [0.05, 0.1) is 11.8 Å². The van der Waals surface area contributed by atoms with Crippen molar-refractivity contribution in [3.8, 4) is 11.3 Å². The summed E-state index contributed by atoms with van der Waals surface area (Å²) < 4.78 is 44.1. The van der Waals surface area contributed by atoms with Crippen LogP contribution >= 0.6 is 15.9 Å². The van der Waals surface area contributed by atoms with Crippen LogP contribution in [-0.4, -0.2) is 11.5 Å². The zero-order chi connectivity index (χ0) is 14.8. The van der Waals surface area contributed by atoms with Crippen LogP contribution in [0.4, 0.5) is 13.2 Å². The van der Waals surface area contributed by atoms with Crippen molar-refractivity contribution in [1.82, 2.24) is 4.98 Å². The molecule has 1 aromatic carbocycles. The largest absolute Gasteiger partial charge is 0.441 e. The fourth-order valence-electron chi connectivity index (χ4n) is 1.69. The van der Waals surface area contributed by atoms with Crippen LogP contribution < -0.4 is 5.73 Å². The summed E-state index contributed by atoms with van der Waals surface area (Å²) >= 11 is 3.22. The van der Waals surface area contributed by atoms with E-state index in [1.165, 1.54) is 12.3 Å². The molecule has 0 fully saturated rings. The highest BCUT2D eigenvalue weighted by molar-refractivity contribution is 9.10. The molecule has 0 saturated carbocycles. The lowest BCUT2D eigenvalue weighted by Gasteiger charge is -2.08. The molecule has 0 aliphatic carbocycles. The predicted octanol–water partition coefficient (Wildman–Crippen LogP) is 4.01. The van der Waals surface area contributed by atoms with Gasteiger partial charge < -0.3 is 10.2 Å². The van der Waals surface area contributed by atoms with E-state index >= 15 is 0 Å². The van der Waals surface area contributed by atoms with Crippen molar-refractivity contribution in [3.05, 3.63) is 40.3 Å². The molecule has 2 rings (SSSR count). The Balaban J connectivity index is 2.34. The summed E-state index contributed by atoms with van der Waals surface area (Å²) in [7, 11) is 0. The van der Waals surface area contributed by atoms with Gasteiger partial charge >= 0.3 is 6.18 Å². The summed E-state index contributed by atoms with van der Waals surface area (Å²) in [4.78, 5) is 4.04. The van der Waals surface area contributed by atoms with Crippen LogP contribution in [0.5, 0.6) is 0 Å². The summed E-state index contributed by atoms with van der Waals surface area (Å²) in [6.07, 6.45) is -1.69. The quantitative estimate of drug-likeness (QED) is 0.907. The molecule has 20 heavy (non-hydrogen) atoms. The van der Waals surface area contributed by atoms with E-state index in [2.05, 4.69) is 20.9 Å². The third-order valence-corrected chi connectivity index (χ3v) is 3.40. The molecule has 108 valence electrons. The van der Waals surface area contributed by atoms with E-state index in [9.17, 15) is 13.2 Å². The molecule has 0 aliphatic rings. The van der Waals surface area contributed by atoms with Gasteiger partial charge in [-0.25, -0.2) is 4.98 Å². The molecular formula is C13H12BrF3N2O. The Morgan fingerprint density at radius 1 is 1.30 bits per heavy atom. The maximum absolute atomic E-state index is 12.7. The minimum atomic E-state index is -4.39. The third kappa shape index (κ3) is 3.40. The van der Waals surface area contributed by atoms with Crippen molar-refractivity contribution in [2.24, 2.45) is 5.73 Å². The van der Waals surface area contributed by atoms with Crippen LogP contribution in [0.3, 0.4) is 0 Å². The standard InChI is InChI=1S/C13H12BrF3N2O/c14-10-4-3-8(13(15,16)17)6-9(10)11-7-19-12(20-11)2-1-5-18/h3-4,6-7H,1-2,5,18H2. The number of halogens is 4. The number of aromatic nitrogens is 1. The first-order valence-electron chi connectivity index (χ1n) is 5.93. The van der Waals surface area contributed by atoms with Crippen molar-refractivity contribution >= 4 is 15.9 Å². The van der Waals surface area contributed by atoms with E-state index in [4.69, 9.17) is 10.2 Å². The van der Waals surface area contributed by atoms with Gasteiger partial charge in [0.25, 0.3) is 0 Å². The minimum Gasteiger partial charge on any atom is -0.441 e. The molecule has 0 bridgehead atoms. The van der Waals surface area contributed by atoms with E-state index in [0.29, 0.717) is 41.1 Å². The fourth-order valence-corrected chi connectivity index (χ4v) is 2.14. The lowest BCUT2D eigenvalue weighted by molar-refractivity contribution is -0.137. The number of hydrogen-bond donors (Lipinski definition) is 1. The van der Waals surface area contributed by atoms with Gasteiger partial charge in [0.15, 0.2) is 11.7 Å². The second kappa shape index (κ2) is 5.97. The van der Waals surface area contributed by atoms with Crippen molar-refractivity contribution in [2.75, 3.05) is 6.54 Å². The molecule has 3 nitrogen and oxygen atoms in total. The number of nitrogens with zero attached hydrogens (tertiary/aromatic N) is 1. The average molecular weight is 349 g/mol. The maximum atomic E-state index is 12.7. The maximum Gasteiger partial charge on any atom is 0.416 e. The van der Waals surface area contributed by atoms with Crippen molar-refractivity contribution < 1.29 is 17.6 Å². The molecule has 0 amide bonds. The zero-order valence-corrected chi connectivity index (χ0v) is 12.0. The average Bonchev–Trinajstić information content (AvgIpc) is 2.84. The number of benzene rings is 1. The van der Waals surface area contributed by atoms with E-state index in [0.717, 1.165) is 12.1 Å². The molecule has 0 aliphatic heterocycles. The van der Waals surface area contributed by atoms with Crippen molar-refractivity contribution in [3.63, 3.8) is 0 Å². The van der Waals surface area contributed by atoms with Gasteiger partial charge in [0.1, 0.15) is 0 Å². The van der Waals surface area contributed by atoms with Gasteiger partial charge in [-0.15, -0.1) is 0 Å². The molecule has 0 radical (unpaired) electrons. The SMILES string of the molecule is NCCCc1ncc(-c2cc(C(F)(F)F)ccc2Br)o1. The van der Waals surface area contributed by atoms with Gasteiger partial charge in [0, 0.05) is 16.5 Å². The van der Waals surface area contributed by atoms with E-state index in [1.54, 1.807) is 0 Å². The number of nitrogens with two attached hydrogens (primary N) is 1. The molecule has 0 saturated heterocycles. The van der Waals surface area contributed by atoms with Gasteiger partial charge in [0.2, 0.25) is 0 Å². The third-order valence-electron chi connectivity index (χ3n) is 2.71. The van der Waals surface area contributed by atoms with Gasteiger partial charge in [-0.1, -0.05) is 15.9 Å². The van der Waals surface area contributed by atoms with Crippen LogP contribution in [-0.2, 0) is 12.6 Å². The summed E-state index contributed by atoms with van der Waals surface area (Å²) in [6.45, 7) is 0.505. The first kappa shape index (κ1) is 15.1. The first-order chi connectivity index (χ1) is 9.41. The number of alkyl halides is 3. The highest BCUT2D eigenvalue weighted by Crippen LogP contribution is 2.36. The number of aryl methyl sites for hydroxylation is 1.